The molecule has 0 amide bonds. The molecule has 21 heavy (non-hydrogen) atoms. The zero-order valence-corrected chi connectivity index (χ0v) is 17.5. The van der Waals surface area contributed by atoms with Gasteiger partial charge in [0.1, 0.15) is 0 Å². The number of methoxy groups -OCH3 is 2. The summed E-state index contributed by atoms with van der Waals surface area (Å²) in [6.45, 7) is 4.04. The zero-order valence-electron chi connectivity index (χ0n) is 12.5. The second-order valence-corrected chi connectivity index (χ2v) is 23.0. The Balaban J connectivity index is 2.51. The molecular formula is C16H18BiCl2O2. The number of halogens is 2. The summed E-state index contributed by atoms with van der Waals surface area (Å²) in [5, 5.41) is 0. The van der Waals surface area contributed by atoms with Crippen LogP contribution in [0.4, 0.5) is 0 Å². The van der Waals surface area contributed by atoms with Crippen molar-refractivity contribution in [2.45, 2.75) is 13.8 Å². The molecule has 0 saturated carbocycles. The maximum absolute atomic E-state index is 6.89. The van der Waals surface area contributed by atoms with Gasteiger partial charge in [0.05, 0.1) is 0 Å². The summed E-state index contributed by atoms with van der Waals surface area (Å²) >= 11 is -3.70. The van der Waals surface area contributed by atoms with E-state index in [4.69, 9.17) is 26.5 Å². The number of benzene rings is 2. The second kappa shape index (κ2) is 6.73. The number of hydrogen-bond donors (Lipinski definition) is 0. The molecule has 0 aromatic heterocycles. The van der Waals surface area contributed by atoms with E-state index in [-0.39, 0.29) is 0 Å². The molecule has 1 radical (unpaired) electrons. The van der Waals surface area contributed by atoms with Crippen LogP contribution in [0.1, 0.15) is 11.1 Å². The third-order valence-electron chi connectivity index (χ3n) is 3.41. The monoisotopic (exact) mass is 521 g/mol. The van der Waals surface area contributed by atoms with Crippen molar-refractivity contribution < 1.29 is 9.47 Å². The Morgan fingerprint density at radius 3 is 1.43 bits per heavy atom. The quantitative estimate of drug-likeness (QED) is 0.574. The Bertz CT molecular complexity index is 601. The van der Waals surface area contributed by atoms with Crippen molar-refractivity contribution in [1.29, 1.82) is 0 Å². The summed E-state index contributed by atoms with van der Waals surface area (Å²) in [7, 11) is 17.1. The minimum atomic E-state index is -3.70. The van der Waals surface area contributed by atoms with Crippen LogP contribution < -0.4 is 16.0 Å². The molecule has 0 atom stereocenters. The summed E-state index contributed by atoms with van der Waals surface area (Å²) in [5.41, 5.74) is 2.15. The predicted octanol–water partition coefficient (Wildman–Crippen LogP) is 3.35. The molecule has 0 heterocycles. The number of ether oxygens (including phenoxy) is 2. The molecule has 0 bridgehead atoms. The van der Waals surface area contributed by atoms with E-state index in [1.807, 2.05) is 50.2 Å². The summed E-state index contributed by atoms with van der Waals surface area (Å²) in [4.78, 5) is 0. The van der Waals surface area contributed by atoms with Crippen molar-refractivity contribution in [3.8, 4) is 11.5 Å². The van der Waals surface area contributed by atoms with Gasteiger partial charge in [-0.3, -0.25) is 0 Å². The van der Waals surface area contributed by atoms with Gasteiger partial charge in [-0.2, -0.15) is 0 Å². The SMILES string of the molecule is COc1cc[c]([Bi]([Cl])([Cl])[c]2ccc(OC)cc2C)c(C)c1. The first kappa shape index (κ1) is 16.9. The van der Waals surface area contributed by atoms with Gasteiger partial charge >= 0.3 is 138 Å². The van der Waals surface area contributed by atoms with Gasteiger partial charge in [-0.05, 0) is 0 Å². The van der Waals surface area contributed by atoms with Gasteiger partial charge in [-0.15, -0.1) is 0 Å². The zero-order chi connectivity index (χ0) is 15.6. The fourth-order valence-corrected chi connectivity index (χ4v) is 15.9. The van der Waals surface area contributed by atoms with E-state index in [9.17, 15) is 0 Å². The number of rotatable bonds is 4. The van der Waals surface area contributed by atoms with Crippen molar-refractivity contribution >= 4 is 41.4 Å². The van der Waals surface area contributed by atoms with E-state index in [0.717, 1.165) is 29.2 Å². The Morgan fingerprint density at radius 2 is 1.14 bits per heavy atom. The van der Waals surface area contributed by atoms with E-state index in [0.29, 0.717) is 0 Å². The first-order chi connectivity index (χ1) is 9.90. The Kier molecular flexibility index (Phi) is 5.40. The Labute approximate surface area is 137 Å². The molecule has 0 aliphatic rings. The van der Waals surface area contributed by atoms with E-state index in [2.05, 4.69) is 0 Å². The van der Waals surface area contributed by atoms with Gasteiger partial charge in [0, 0.05) is 0 Å². The second-order valence-electron chi connectivity index (χ2n) is 4.82. The van der Waals surface area contributed by atoms with E-state index < -0.39 is 17.9 Å². The van der Waals surface area contributed by atoms with Gasteiger partial charge in [0.2, 0.25) is 0 Å². The van der Waals surface area contributed by atoms with Crippen LogP contribution >= 0.6 is 17.0 Å². The summed E-state index contributed by atoms with van der Waals surface area (Å²) < 4.78 is 12.6. The first-order valence-corrected chi connectivity index (χ1v) is 18.5. The molecule has 0 aliphatic heterocycles. The van der Waals surface area contributed by atoms with Crippen molar-refractivity contribution in [1.82, 2.24) is 0 Å². The molecule has 0 unspecified atom stereocenters. The molecule has 2 aromatic rings. The number of hydrogen-bond acceptors (Lipinski definition) is 2. The summed E-state index contributed by atoms with van der Waals surface area (Å²) in [5.74, 6) is 1.64. The molecule has 113 valence electrons. The topological polar surface area (TPSA) is 18.5 Å². The van der Waals surface area contributed by atoms with Crippen LogP contribution in [0.15, 0.2) is 36.4 Å². The van der Waals surface area contributed by atoms with Crippen LogP contribution in [-0.2, 0) is 0 Å². The van der Waals surface area contributed by atoms with Crippen molar-refractivity contribution in [2.75, 3.05) is 14.2 Å². The van der Waals surface area contributed by atoms with Crippen molar-refractivity contribution in [3.63, 3.8) is 0 Å². The van der Waals surface area contributed by atoms with Crippen LogP contribution in [-0.4, -0.2) is 32.1 Å². The average molecular weight is 522 g/mol. The standard InChI is InChI=1S/2C8H9O.Bi.2ClH/c2*1-7-4-3-5-8(6-7)9-2;;;/h2*3,5-6H,1-2H3;;2*1H/q;;+2;;/p-2. The molecule has 0 N–H and O–H groups in total. The average Bonchev–Trinajstić information content (AvgIpc) is 2.46. The van der Waals surface area contributed by atoms with Gasteiger partial charge in [-0.1, -0.05) is 0 Å². The molecule has 2 rings (SSSR count). The van der Waals surface area contributed by atoms with Crippen LogP contribution in [0.2, 0.25) is 0 Å². The van der Waals surface area contributed by atoms with Crippen LogP contribution in [0.3, 0.4) is 0 Å². The van der Waals surface area contributed by atoms with E-state index in [1.54, 1.807) is 14.2 Å². The van der Waals surface area contributed by atoms with Crippen LogP contribution in [0.25, 0.3) is 0 Å². The van der Waals surface area contributed by atoms with Crippen molar-refractivity contribution in [3.05, 3.63) is 47.5 Å². The van der Waals surface area contributed by atoms with E-state index in [1.165, 1.54) is 0 Å². The predicted molar refractivity (Wildman–Crippen MR) is 92.2 cm³/mol. The maximum atomic E-state index is 6.89. The van der Waals surface area contributed by atoms with Crippen LogP contribution in [0.5, 0.6) is 11.5 Å². The van der Waals surface area contributed by atoms with Crippen LogP contribution in [0, 0.1) is 13.8 Å². The fraction of sp³-hybridized carbons (Fsp3) is 0.250. The van der Waals surface area contributed by atoms with Gasteiger partial charge in [0.15, 0.2) is 0 Å². The fourth-order valence-electron chi connectivity index (χ4n) is 2.27. The molecule has 0 saturated heterocycles. The Hall–Kier alpha value is -0.497. The van der Waals surface area contributed by atoms with E-state index >= 15 is 0 Å². The molecule has 0 spiro atoms. The molecule has 2 nitrogen and oxygen atoms in total. The molecule has 0 fully saturated rings. The van der Waals surface area contributed by atoms with Gasteiger partial charge in [-0.25, -0.2) is 0 Å². The van der Waals surface area contributed by atoms with Gasteiger partial charge < -0.3 is 0 Å². The summed E-state index contributed by atoms with van der Waals surface area (Å²) in [6, 6.07) is 11.8. The minimum absolute atomic E-state index is 0.819. The number of aryl methyl sites for hydroxylation is 2. The molecule has 0 aliphatic carbocycles. The van der Waals surface area contributed by atoms with Crippen molar-refractivity contribution in [2.24, 2.45) is 0 Å². The Morgan fingerprint density at radius 1 is 0.762 bits per heavy atom. The third-order valence-corrected chi connectivity index (χ3v) is 18.4. The van der Waals surface area contributed by atoms with Gasteiger partial charge in [0.25, 0.3) is 0 Å². The third kappa shape index (κ3) is 3.47. The normalized spacial score (nSPS) is 11.3. The first-order valence-electron chi connectivity index (χ1n) is 6.49. The molecule has 2 aromatic carbocycles. The molecule has 5 heteroatoms. The summed E-state index contributed by atoms with van der Waals surface area (Å²) in [6.07, 6.45) is 0. The molecular weight excluding hydrogens is 504 g/mol.